The van der Waals surface area contributed by atoms with Crippen molar-refractivity contribution in [3.8, 4) is 6.07 Å². The third-order valence-electron chi connectivity index (χ3n) is 4.46. The van der Waals surface area contributed by atoms with Gasteiger partial charge in [-0.1, -0.05) is 41.7 Å². The number of esters is 1. The lowest BCUT2D eigenvalue weighted by Gasteiger charge is -2.17. The lowest BCUT2D eigenvalue weighted by atomic mass is 9.89. The van der Waals surface area contributed by atoms with Gasteiger partial charge in [-0.3, -0.25) is 4.79 Å². The van der Waals surface area contributed by atoms with Gasteiger partial charge in [0.25, 0.3) is 5.91 Å². The van der Waals surface area contributed by atoms with Gasteiger partial charge in [0.05, 0.1) is 26.2 Å². The first kappa shape index (κ1) is 20.9. The van der Waals surface area contributed by atoms with Crippen LogP contribution in [0.1, 0.15) is 39.7 Å². The van der Waals surface area contributed by atoms with Gasteiger partial charge >= 0.3 is 5.97 Å². The van der Waals surface area contributed by atoms with Crippen LogP contribution in [0.5, 0.6) is 0 Å². The van der Waals surface area contributed by atoms with Gasteiger partial charge in [-0.05, 0) is 42.9 Å². The quantitative estimate of drug-likeness (QED) is 0.485. The van der Waals surface area contributed by atoms with E-state index in [2.05, 4.69) is 18.3 Å². The van der Waals surface area contributed by atoms with Gasteiger partial charge in [0.2, 0.25) is 0 Å². The van der Waals surface area contributed by atoms with E-state index in [0.717, 1.165) is 29.7 Å². The Labute approximate surface area is 181 Å². The fraction of sp³-hybridized carbons (Fsp3) is 0.316. The number of hydrogen-bond donors (Lipinski definition) is 1. The van der Waals surface area contributed by atoms with Gasteiger partial charge in [0, 0.05) is 4.88 Å². The number of rotatable bonds is 4. The number of thiophene rings is 1. The minimum atomic E-state index is -0.854. The van der Waals surface area contributed by atoms with Gasteiger partial charge in [-0.2, -0.15) is 5.26 Å². The third-order valence-corrected chi connectivity index (χ3v) is 6.75. The van der Waals surface area contributed by atoms with Crippen LogP contribution in [0.4, 0.5) is 5.00 Å². The average molecular weight is 458 g/mol. The van der Waals surface area contributed by atoms with Crippen LogP contribution in [0.2, 0.25) is 15.1 Å². The predicted octanol–water partition coefficient (Wildman–Crippen LogP) is 5.50. The summed E-state index contributed by atoms with van der Waals surface area (Å²) in [5.74, 6) is -0.854. The minimum absolute atomic E-state index is 0.0357. The summed E-state index contributed by atoms with van der Waals surface area (Å²) in [5.41, 5.74) is 1.41. The van der Waals surface area contributed by atoms with Gasteiger partial charge in [0.15, 0.2) is 6.61 Å². The molecule has 1 N–H and O–H groups in total. The molecule has 0 saturated carbocycles. The molecule has 2 aromatic rings. The lowest BCUT2D eigenvalue weighted by molar-refractivity contribution is -0.119. The molecule has 1 atom stereocenters. The first-order chi connectivity index (χ1) is 13.3. The molecule has 1 unspecified atom stereocenters. The summed E-state index contributed by atoms with van der Waals surface area (Å²) >= 11 is 19.3. The Morgan fingerprint density at radius 1 is 1.32 bits per heavy atom. The Bertz CT molecular complexity index is 997. The summed E-state index contributed by atoms with van der Waals surface area (Å²) in [6.07, 6.45) is 2.74. The van der Waals surface area contributed by atoms with Crippen LogP contribution in [0.3, 0.4) is 0 Å². The highest BCUT2D eigenvalue weighted by Crippen LogP contribution is 2.39. The molecule has 0 saturated heterocycles. The van der Waals surface area contributed by atoms with Crippen molar-refractivity contribution < 1.29 is 14.3 Å². The fourth-order valence-corrected chi connectivity index (χ4v) is 5.10. The SMILES string of the molecule is CC1CCc2c(sc(NC(=O)COC(=O)c3c(Cl)ccc(Cl)c3Cl)c2C#N)C1. The third kappa shape index (κ3) is 4.28. The molecule has 3 rings (SSSR count). The van der Waals surface area contributed by atoms with Crippen LogP contribution in [0.15, 0.2) is 12.1 Å². The Kier molecular flexibility index (Phi) is 6.51. The molecule has 146 valence electrons. The molecule has 28 heavy (non-hydrogen) atoms. The Morgan fingerprint density at radius 3 is 2.75 bits per heavy atom. The smallest absolute Gasteiger partial charge is 0.341 e. The summed E-state index contributed by atoms with van der Waals surface area (Å²) in [7, 11) is 0. The Hall–Kier alpha value is -1.78. The molecule has 0 bridgehead atoms. The number of halogens is 3. The zero-order valence-electron chi connectivity index (χ0n) is 14.8. The molecule has 1 heterocycles. The van der Waals surface area contributed by atoms with Crippen molar-refractivity contribution in [2.75, 3.05) is 11.9 Å². The summed E-state index contributed by atoms with van der Waals surface area (Å²) in [6, 6.07) is 5.05. The van der Waals surface area contributed by atoms with Crippen molar-refractivity contribution in [3.05, 3.63) is 48.8 Å². The van der Waals surface area contributed by atoms with Crippen LogP contribution >= 0.6 is 46.1 Å². The van der Waals surface area contributed by atoms with Crippen LogP contribution < -0.4 is 5.32 Å². The predicted molar refractivity (Wildman–Crippen MR) is 111 cm³/mol. The number of anilines is 1. The molecular formula is C19H15Cl3N2O3S. The van der Waals surface area contributed by atoms with Crippen molar-refractivity contribution in [2.45, 2.75) is 26.2 Å². The number of carbonyl (C=O) groups is 2. The van der Waals surface area contributed by atoms with Gasteiger partial charge in [0.1, 0.15) is 11.1 Å². The average Bonchev–Trinajstić information content (AvgIpc) is 2.99. The highest BCUT2D eigenvalue weighted by Gasteiger charge is 2.25. The maximum absolute atomic E-state index is 12.2. The molecule has 1 aromatic carbocycles. The van der Waals surface area contributed by atoms with E-state index in [4.69, 9.17) is 39.5 Å². The van der Waals surface area contributed by atoms with Crippen molar-refractivity contribution >= 4 is 63.0 Å². The molecule has 0 radical (unpaired) electrons. The minimum Gasteiger partial charge on any atom is -0.452 e. The van der Waals surface area contributed by atoms with Crippen LogP contribution in [-0.4, -0.2) is 18.5 Å². The molecule has 1 amide bonds. The van der Waals surface area contributed by atoms with E-state index in [9.17, 15) is 14.9 Å². The monoisotopic (exact) mass is 456 g/mol. The van der Waals surface area contributed by atoms with E-state index in [1.54, 1.807) is 0 Å². The molecule has 1 aromatic heterocycles. The van der Waals surface area contributed by atoms with E-state index in [1.807, 2.05) is 0 Å². The van der Waals surface area contributed by atoms with Gasteiger partial charge < -0.3 is 10.1 Å². The Morgan fingerprint density at radius 2 is 2.04 bits per heavy atom. The molecule has 1 aliphatic rings. The second-order valence-electron chi connectivity index (χ2n) is 6.51. The number of fused-ring (bicyclic) bond motifs is 1. The molecule has 5 nitrogen and oxygen atoms in total. The highest BCUT2D eigenvalue weighted by atomic mass is 35.5. The molecule has 0 fully saturated rings. The van der Waals surface area contributed by atoms with E-state index in [1.165, 1.54) is 23.5 Å². The first-order valence-electron chi connectivity index (χ1n) is 8.47. The standard InChI is InChI=1S/C19H15Cl3N2O3S/c1-9-2-3-10-11(7-23)18(28-14(10)6-9)24-15(25)8-27-19(26)16-12(20)4-5-13(21)17(16)22/h4-5,9H,2-3,6,8H2,1H3,(H,24,25). The fourth-order valence-electron chi connectivity index (χ4n) is 3.04. The number of nitriles is 1. The number of nitrogens with zero attached hydrogens (tertiary/aromatic N) is 1. The molecule has 1 aliphatic carbocycles. The number of benzene rings is 1. The normalized spacial score (nSPS) is 15.5. The largest absolute Gasteiger partial charge is 0.452 e. The molecule has 0 spiro atoms. The van der Waals surface area contributed by atoms with Crippen LogP contribution in [0, 0.1) is 17.2 Å². The second-order valence-corrected chi connectivity index (χ2v) is 8.81. The molecule has 9 heteroatoms. The number of carbonyl (C=O) groups excluding carboxylic acids is 2. The maximum atomic E-state index is 12.2. The zero-order valence-corrected chi connectivity index (χ0v) is 17.9. The van der Waals surface area contributed by atoms with E-state index in [-0.39, 0.29) is 20.6 Å². The summed E-state index contributed by atoms with van der Waals surface area (Å²) in [5, 5.41) is 12.8. The maximum Gasteiger partial charge on any atom is 0.341 e. The van der Waals surface area contributed by atoms with E-state index >= 15 is 0 Å². The number of amides is 1. The number of hydrogen-bond acceptors (Lipinski definition) is 5. The van der Waals surface area contributed by atoms with E-state index in [0.29, 0.717) is 16.5 Å². The number of nitrogens with one attached hydrogen (secondary N) is 1. The van der Waals surface area contributed by atoms with Crippen LogP contribution in [-0.2, 0) is 22.4 Å². The highest BCUT2D eigenvalue weighted by molar-refractivity contribution is 7.16. The summed E-state index contributed by atoms with van der Waals surface area (Å²) < 4.78 is 5.01. The summed E-state index contributed by atoms with van der Waals surface area (Å²) in [4.78, 5) is 25.6. The van der Waals surface area contributed by atoms with Gasteiger partial charge in [-0.25, -0.2) is 4.79 Å². The van der Waals surface area contributed by atoms with Gasteiger partial charge in [-0.15, -0.1) is 11.3 Å². The van der Waals surface area contributed by atoms with Crippen molar-refractivity contribution in [1.29, 1.82) is 5.26 Å². The van der Waals surface area contributed by atoms with E-state index < -0.39 is 18.5 Å². The number of ether oxygens (including phenoxy) is 1. The van der Waals surface area contributed by atoms with Crippen molar-refractivity contribution in [2.24, 2.45) is 5.92 Å². The topological polar surface area (TPSA) is 79.2 Å². The zero-order chi connectivity index (χ0) is 20.4. The molecular weight excluding hydrogens is 443 g/mol. The second kappa shape index (κ2) is 8.71. The lowest BCUT2D eigenvalue weighted by Crippen LogP contribution is -2.21. The molecule has 0 aliphatic heterocycles. The van der Waals surface area contributed by atoms with Crippen molar-refractivity contribution in [1.82, 2.24) is 0 Å². The van der Waals surface area contributed by atoms with Crippen LogP contribution in [0.25, 0.3) is 0 Å². The Balaban J connectivity index is 1.68. The first-order valence-corrected chi connectivity index (χ1v) is 10.4. The van der Waals surface area contributed by atoms with Crippen molar-refractivity contribution in [3.63, 3.8) is 0 Å². The summed E-state index contributed by atoms with van der Waals surface area (Å²) in [6.45, 7) is 1.63.